The lowest BCUT2D eigenvalue weighted by molar-refractivity contribution is -0.385. The van der Waals surface area contributed by atoms with E-state index in [0.29, 0.717) is 16.0 Å². The van der Waals surface area contributed by atoms with Gasteiger partial charge in [0.25, 0.3) is 5.69 Å². The van der Waals surface area contributed by atoms with Crippen LogP contribution in [0.4, 0.5) is 5.69 Å². The average molecular weight is 338 g/mol. The lowest BCUT2D eigenvalue weighted by Gasteiger charge is -2.08. The third-order valence-corrected chi connectivity index (χ3v) is 3.12. The topological polar surface area (TPSA) is 72.6 Å². The van der Waals surface area contributed by atoms with E-state index in [1.54, 1.807) is 37.3 Å². The van der Waals surface area contributed by atoms with Crippen LogP contribution in [0.15, 0.2) is 46.9 Å². The van der Waals surface area contributed by atoms with E-state index in [9.17, 15) is 15.2 Å². The molecule has 2 rings (SSSR count). The van der Waals surface area contributed by atoms with Gasteiger partial charge in [0.1, 0.15) is 11.5 Å². The second kappa shape index (κ2) is 6.02. The lowest BCUT2D eigenvalue weighted by Crippen LogP contribution is -1.92. The maximum atomic E-state index is 10.8. The van der Waals surface area contributed by atoms with Gasteiger partial charge in [0.05, 0.1) is 17.1 Å². The molecule has 2 aromatic rings. The van der Waals surface area contributed by atoms with Crippen molar-refractivity contribution < 1.29 is 14.8 Å². The first kappa shape index (κ1) is 14.5. The fourth-order valence-corrected chi connectivity index (χ4v) is 2.12. The van der Waals surface area contributed by atoms with Crippen molar-refractivity contribution in [3.8, 4) is 11.5 Å². The number of benzene rings is 2. The number of nitro groups is 1. The highest BCUT2D eigenvalue weighted by molar-refractivity contribution is 9.10. The van der Waals surface area contributed by atoms with E-state index in [2.05, 4.69) is 15.9 Å². The fraction of sp³-hybridized carbons (Fsp3) is 0.143. The van der Waals surface area contributed by atoms with Crippen molar-refractivity contribution in [1.82, 2.24) is 0 Å². The van der Waals surface area contributed by atoms with Gasteiger partial charge in [0.2, 0.25) is 0 Å². The van der Waals surface area contributed by atoms with Gasteiger partial charge in [-0.15, -0.1) is 0 Å². The van der Waals surface area contributed by atoms with Crippen LogP contribution < -0.4 is 4.74 Å². The largest absolute Gasteiger partial charge is 0.457 e. The molecule has 1 N–H and O–H groups in total. The minimum atomic E-state index is -0.545. The van der Waals surface area contributed by atoms with Gasteiger partial charge in [0, 0.05) is 10.5 Å². The Kier molecular flexibility index (Phi) is 4.36. The summed E-state index contributed by atoms with van der Waals surface area (Å²) in [6.07, 6.45) is -0.545. The van der Waals surface area contributed by atoms with Crippen molar-refractivity contribution in [2.75, 3.05) is 0 Å². The molecule has 1 unspecified atom stereocenters. The Balaban J connectivity index is 2.23. The van der Waals surface area contributed by atoms with E-state index in [4.69, 9.17) is 4.74 Å². The summed E-state index contributed by atoms with van der Waals surface area (Å²) >= 11 is 3.21. The van der Waals surface area contributed by atoms with Crippen LogP contribution in [0.3, 0.4) is 0 Å². The van der Waals surface area contributed by atoms with Crippen LogP contribution in [-0.2, 0) is 0 Å². The fourth-order valence-electron chi connectivity index (χ4n) is 1.66. The van der Waals surface area contributed by atoms with E-state index >= 15 is 0 Å². The molecule has 1 atom stereocenters. The number of aliphatic hydroxyl groups is 1. The number of rotatable bonds is 4. The number of ether oxygens (including phenoxy) is 1. The molecule has 0 heterocycles. The molecule has 0 aliphatic rings. The maximum absolute atomic E-state index is 10.8. The summed E-state index contributed by atoms with van der Waals surface area (Å²) in [4.78, 5) is 10.3. The molecular formula is C14H12BrNO4. The Bertz CT molecular complexity index is 626. The highest BCUT2D eigenvalue weighted by Crippen LogP contribution is 2.30. The molecule has 0 saturated heterocycles. The Morgan fingerprint density at radius 2 is 1.85 bits per heavy atom. The van der Waals surface area contributed by atoms with Crippen molar-refractivity contribution in [3.05, 3.63) is 62.6 Å². The van der Waals surface area contributed by atoms with Crippen LogP contribution in [0.25, 0.3) is 0 Å². The summed E-state index contributed by atoms with van der Waals surface area (Å²) in [5.74, 6) is 0.915. The molecule has 0 aliphatic heterocycles. The van der Waals surface area contributed by atoms with Crippen molar-refractivity contribution in [1.29, 1.82) is 0 Å². The minimum absolute atomic E-state index is 0.0463. The smallest absolute Gasteiger partial charge is 0.274 e. The first-order chi connectivity index (χ1) is 9.45. The van der Waals surface area contributed by atoms with Gasteiger partial charge in [0.15, 0.2) is 0 Å². The molecule has 2 aromatic carbocycles. The van der Waals surface area contributed by atoms with Crippen molar-refractivity contribution in [2.24, 2.45) is 0 Å². The SMILES string of the molecule is CC(O)c1ccc(Oc2cc(Br)cc([N+](=O)[O-])c2)cc1. The molecule has 104 valence electrons. The van der Waals surface area contributed by atoms with E-state index in [1.165, 1.54) is 12.1 Å². The number of aliphatic hydroxyl groups excluding tert-OH is 1. The van der Waals surface area contributed by atoms with Gasteiger partial charge >= 0.3 is 0 Å². The number of nitrogens with zero attached hydrogens (tertiary/aromatic N) is 1. The normalized spacial score (nSPS) is 11.9. The Morgan fingerprint density at radius 3 is 2.40 bits per heavy atom. The highest BCUT2D eigenvalue weighted by Gasteiger charge is 2.10. The molecule has 5 nitrogen and oxygen atoms in total. The molecular weight excluding hydrogens is 326 g/mol. The molecule has 0 radical (unpaired) electrons. The number of hydrogen-bond donors (Lipinski definition) is 1. The number of halogens is 1. The summed E-state index contributed by atoms with van der Waals surface area (Å²) in [5.41, 5.74) is 0.729. The van der Waals surface area contributed by atoms with E-state index < -0.39 is 11.0 Å². The first-order valence-electron chi connectivity index (χ1n) is 5.86. The van der Waals surface area contributed by atoms with Crippen LogP contribution in [0, 0.1) is 10.1 Å². The maximum Gasteiger partial charge on any atom is 0.274 e. The summed E-state index contributed by atoms with van der Waals surface area (Å²) in [6, 6.07) is 11.3. The molecule has 0 fully saturated rings. The molecule has 0 saturated carbocycles. The van der Waals surface area contributed by atoms with Crippen LogP contribution in [-0.4, -0.2) is 10.0 Å². The summed E-state index contributed by atoms with van der Waals surface area (Å²) in [5, 5.41) is 20.2. The molecule has 6 heteroatoms. The Hall–Kier alpha value is -1.92. The van der Waals surface area contributed by atoms with E-state index in [0.717, 1.165) is 5.56 Å². The third-order valence-electron chi connectivity index (χ3n) is 2.67. The lowest BCUT2D eigenvalue weighted by atomic mass is 10.1. The first-order valence-corrected chi connectivity index (χ1v) is 6.66. The predicted molar refractivity (Wildman–Crippen MR) is 77.9 cm³/mol. The summed E-state index contributed by atoms with van der Waals surface area (Å²) in [6.45, 7) is 1.67. The average Bonchev–Trinajstić information content (AvgIpc) is 2.38. The predicted octanol–water partition coefficient (Wildman–Crippen LogP) is 4.20. The summed E-state index contributed by atoms with van der Waals surface area (Å²) < 4.78 is 6.14. The zero-order chi connectivity index (χ0) is 14.7. The van der Waals surface area contributed by atoms with Gasteiger partial charge < -0.3 is 9.84 Å². The molecule has 0 aromatic heterocycles. The number of non-ortho nitro benzene ring substituents is 1. The second-order valence-electron chi connectivity index (χ2n) is 4.25. The second-order valence-corrected chi connectivity index (χ2v) is 5.16. The molecule has 0 bridgehead atoms. The minimum Gasteiger partial charge on any atom is -0.457 e. The zero-order valence-corrected chi connectivity index (χ0v) is 12.2. The molecule has 0 amide bonds. The molecule has 0 spiro atoms. The third kappa shape index (κ3) is 3.55. The number of hydrogen-bond acceptors (Lipinski definition) is 4. The van der Waals surface area contributed by atoms with Gasteiger partial charge in [-0.25, -0.2) is 0 Å². The highest BCUT2D eigenvalue weighted by atomic mass is 79.9. The van der Waals surface area contributed by atoms with Crippen LogP contribution in [0.1, 0.15) is 18.6 Å². The summed E-state index contributed by atoms with van der Waals surface area (Å²) in [7, 11) is 0. The Labute approximate surface area is 124 Å². The zero-order valence-electron chi connectivity index (χ0n) is 10.6. The van der Waals surface area contributed by atoms with Crippen molar-refractivity contribution >= 4 is 21.6 Å². The van der Waals surface area contributed by atoms with Crippen molar-refractivity contribution in [2.45, 2.75) is 13.0 Å². The quantitative estimate of drug-likeness (QED) is 0.670. The van der Waals surface area contributed by atoms with E-state index in [1.807, 2.05) is 0 Å². The van der Waals surface area contributed by atoms with Gasteiger partial charge in [-0.05, 0) is 30.7 Å². The van der Waals surface area contributed by atoms with Crippen LogP contribution in [0.5, 0.6) is 11.5 Å². The van der Waals surface area contributed by atoms with Crippen LogP contribution in [0.2, 0.25) is 0 Å². The van der Waals surface area contributed by atoms with Gasteiger partial charge in [-0.1, -0.05) is 28.1 Å². The van der Waals surface area contributed by atoms with Gasteiger partial charge in [-0.2, -0.15) is 0 Å². The van der Waals surface area contributed by atoms with Crippen molar-refractivity contribution in [3.63, 3.8) is 0 Å². The monoisotopic (exact) mass is 337 g/mol. The number of nitro benzene ring substituents is 1. The molecule has 0 aliphatic carbocycles. The van der Waals surface area contributed by atoms with Crippen LogP contribution >= 0.6 is 15.9 Å². The van der Waals surface area contributed by atoms with Gasteiger partial charge in [-0.3, -0.25) is 10.1 Å². The van der Waals surface area contributed by atoms with E-state index in [-0.39, 0.29) is 5.69 Å². The Morgan fingerprint density at radius 1 is 1.20 bits per heavy atom. The standard InChI is InChI=1S/C14H12BrNO4/c1-9(17)10-2-4-13(5-3-10)20-14-7-11(15)6-12(8-14)16(18)19/h2-9,17H,1H3. The molecule has 20 heavy (non-hydrogen) atoms.